The van der Waals surface area contributed by atoms with E-state index in [1.807, 2.05) is 41.9 Å². The molecular weight excluding hydrogens is 348 g/mol. The van der Waals surface area contributed by atoms with Crippen molar-refractivity contribution >= 4 is 38.4 Å². The van der Waals surface area contributed by atoms with Crippen molar-refractivity contribution in [1.82, 2.24) is 14.1 Å². The van der Waals surface area contributed by atoms with Gasteiger partial charge in [-0.2, -0.15) is 4.99 Å². The molecule has 0 saturated heterocycles. The van der Waals surface area contributed by atoms with Crippen molar-refractivity contribution in [3.05, 3.63) is 70.0 Å². The standard InChI is InChI=1S/C19H16N4O2S/c1-22-15-8-4-5-9-16(15)26-19(22)21-17(24)10-11-23-12-20-14-7-3-2-6-13(14)18(23)25/h2-9,12H,10-11H2,1H3. The molecule has 0 bridgehead atoms. The molecule has 4 rings (SSSR count). The molecule has 0 fully saturated rings. The van der Waals surface area contributed by atoms with Crippen LogP contribution in [0.4, 0.5) is 0 Å². The van der Waals surface area contributed by atoms with Gasteiger partial charge >= 0.3 is 0 Å². The maximum absolute atomic E-state index is 12.4. The third-order valence-corrected chi connectivity index (χ3v) is 5.35. The molecule has 2 heterocycles. The van der Waals surface area contributed by atoms with Gasteiger partial charge in [-0.25, -0.2) is 4.98 Å². The zero-order valence-electron chi connectivity index (χ0n) is 14.1. The summed E-state index contributed by atoms with van der Waals surface area (Å²) in [6.45, 7) is 0.258. The molecule has 7 heteroatoms. The first-order valence-electron chi connectivity index (χ1n) is 8.20. The topological polar surface area (TPSA) is 69.2 Å². The summed E-state index contributed by atoms with van der Waals surface area (Å²) in [4.78, 5) is 33.9. The van der Waals surface area contributed by atoms with E-state index in [1.165, 1.54) is 22.2 Å². The summed E-state index contributed by atoms with van der Waals surface area (Å²) < 4.78 is 4.44. The third-order valence-electron chi connectivity index (χ3n) is 4.23. The fourth-order valence-electron chi connectivity index (χ4n) is 2.83. The Bertz CT molecular complexity index is 1250. The molecule has 0 N–H and O–H groups in total. The van der Waals surface area contributed by atoms with Crippen molar-refractivity contribution in [2.24, 2.45) is 12.0 Å². The molecule has 0 radical (unpaired) electrons. The maximum Gasteiger partial charge on any atom is 0.261 e. The van der Waals surface area contributed by atoms with Gasteiger partial charge < -0.3 is 4.57 Å². The van der Waals surface area contributed by atoms with Crippen LogP contribution in [0.3, 0.4) is 0 Å². The van der Waals surface area contributed by atoms with Gasteiger partial charge in [-0.3, -0.25) is 14.2 Å². The lowest BCUT2D eigenvalue weighted by atomic mass is 10.2. The van der Waals surface area contributed by atoms with Gasteiger partial charge in [-0.15, -0.1) is 0 Å². The Hall–Kier alpha value is -3.06. The number of amides is 1. The van der Waals surface area contributed by atoms with Crippen LogP contribution in [0.1, 0.15) is 6.42 Å². The Morgan fingerprint density at radius 3 is 2.77 bits per heavy atom. The highest BCUT2D eigenvalue weighted by molar-refractivity contribution is 7.16. The summed E-state index contributed by atoms with van der Waals surface area (Å²) in [5, 5.41) is 0.551. The lowest BCUT2D eigenvalue weighted by molar-refractivity contribution is -0.118. The molecule has 0 unspecified atom stereocenters. The first kappa shape index (κ1) is 16.4. The second kappa shape index (κ2) is 6.68. The molecule has 2 aromatic carbocycles. The Balaban J connectivity index is 1.58. The lowest BCUT2D eigenvalue weighted by Gasteiger charge is -2.04. The zero-order chi connectivity index (χ0) is 18.1. The fourth-order valence-corrected chi connectivity index (χ4v) is 3.87. The second-order valence-electron chi connectivity index (χ2n) is 5.93. The Morgan fingerprint density at radius 1 is 1.15 bits per heavy atom. The average Bonchev–Trinajstić information content (AvgIpc) is 2.97. The number of para-hydroxylation sites is 2. The second-order valence-corrected chi connectivity index (χ2v) is 6.94. The van der Waals surface area contributed by atoms with E-state index >= 15 is 0 Å². The number of rotatable bonds is 3. The zero-order valence-corrected chi connectivity index (χ0v) is 14.9. The van der Waals surface area contributed by atoms with Crippen LogP contribution in [-0.4, -0.2) is 20.0 Å². The molecule has 26 heavy (non-hydrogen) atoms. The van der Waals surface area contributed by atoms with E-state index in [1.54, 1.807) is 18.2 Å². The van der Waals surface area contributed by atoms with Crippen LogP contribution in [0.5, 0.6) is 0 Å². The normalized spacial score (nSPS) is 12.1. The van der Waals surface area contributed by atoms with Gasteiger partial charge in [-0.1, -0.05) is 35.6 Å². The number of benzene rings is 2. The molecule has 2 aromatic heterocycles. The molecule has 0 aliphatic rings. The molecule has 0 spiro atoms. The van der Waals surface area contributed by atoms with Crippen molar-refractivity contribution in [3.63, 3.8) is 0 Å². The smallest absolute Gasteiger partial charge is 0.261 e. The predicted octanol–water partition coefficient (Wildman–Crippen LogP) is 2.47. The van der Waals surface area contributed by atoms with Gasteiger partial charge in [0.2, 0.25) is 5.91 Å². The molecule has 0 aliphatic heterocycles. The van der Waals surface area contributed by atoms with Gasteiger partial charge in [-0.05, 0) is 24.3 Å². The lowest BCUT2D eigenvalue weighted by Crippen LogP contribution is -2.22. The number of aryl methyl sites for hydroxylation is 2. The summed E-state index contributed by atoms with van der Waals surface area (Å²) in [6.07, 6.45) is 1.63. The molecule has 0 aliphatic carbocycles. The Morgan fingerprint density at radius 2 is 1.92 bits per heavy atom. The minimum absolute atomic E-state index is 0.143. The van der Waals surface area contributed by atoms with Crippen LogP contribution < -0.4 is 10.4 Å². The van der Waals surface area contributed by atoms with Gasteiger partial charge in [0, 0.05) is 20.0 Å². The van der Waals surface area contributed by atoms with Crippen LogP contribution in [0.25, 0.3) is 21.1 Å². The fraction of sp³-hybridized carbons (Fsp3) is 0.158. The minimum Gasteiger partial charge on any atom is -0.319 e. The number of thiazole rings is 1. The summed E-state index contributed by atoms with van der Waals surface area (Å²) in [5.41, 5.74) is 1.55. The SMILES string of the molecule is Cn1c(=NC(=O)CCn2cnc3ccccc3c2=O)sc2ccccc21. The molecular formula is C19H16N4O2S. The Labute approximate surface area is 152 Å². The van der Waals surface area contributed by atoms with Crippen LogP contribution in [0.2, 0.25) is 0 Å². The number of fused-ring (bicyclic) bond motifs is 2. The van der Waals surface area contributed by atoms with Crippen molar-refractivity contribution in [2.45, 2.75) is 13.0 Å². The summed E-state index contributed by atoms with van der Waals surface area (Å²) in [7, 11) is 1.89. The number of aromatic nitrogens is 3. The summed E-state index contributed by atoms with van der Waals surface area (Å²) in [6, 6.07) is 15.1. The maximum atomic E-state index is 12.4. The van der Waals surface area contributed by atoms with E-state index < -0.39 is 0 Å². The van der Waals surface area contributed by atoms with Crippen molar-refractivity contribution in [2.75, 3.05) is 0 Å². The quantitative estimate of drug-likeness (QED) is 0.561. The van der Waals surface area contributed by atoms with Crippen molar-refractivity contribution in [1.29, 1.82) is 0 Å². The van der Waals surface area contributed by atoms with Crippen LogP contribution in [-0.2, 0) is 18.4 Å². The van der Waals surface area contributed by atoms with Crippen LogP contribution in [0, 0.1) is 0 Å². The number of hydrogen-bond donors (Lipinski definition) is 0. The predicted molar refractivity (Wildman–Crippen MR) is 102 cm³/mol. The largest absolute Gasteiger partial charge is 0.319 e. The molecule has 1 amide bonds. The third kappa shape index (κ3) is 2.97. The van der Waals surface area contributed by atoms with E-state index in [-0.39, 0.29) is 24.4 Å². The van der Waals surface area contributed by atoms with Gasteiger partial charge in [0.05, 0.1) is 27.4 Å². The molecule has 6 nitrogen and oxygen atoms in total. The molecule has 4 aromatic rings. The summed E-state index contributed by atoms with van der Waals surface area (Å²) >= 11 is 1.47. The van der Waals surface area contributed by atoms with Crippen molar-refractivity contribution < 1.29 is 4.79 Å². The molecule has 130 valence electrons. The monoisotopic (exact) mass is 364 g/mol. The van der Waals surface area contributed by atoms with E-state index in [2.05, 4.69) is 9.98 Å². The Kier molecular flexibility index (Phi) is 4.22. The minimum atomic E-state index is -0.257. The number of nitrogens with zero attached hydrogens (tertiary/aromatic N) is 4. The number of carbonyl (C=O) groups excluding carboxylic acids is 1. The van der Waals surface area contributed by atoms with Crippen molar-refractivity contribution in [3.8, 4) is 0 Å². The first-order valence-corrected chi connectivity index (χ1v) is 9.01. The van der Waals surface area contributed by atoms with Crippen LogP contribution in [0.15, 0.2) is 64.6 Å². The highest BCUT2D eigenvalue weighted by Crippen LogP contribution is 2.15. The first-order chi connectivity index (χ1) is 12.6. The average molecular weight is 364 g/mol. The van der Waals surface area contributed by atoms with E-state index in [0.717, 1.165) is 10.2 Å². The molecule has 0 saturated carbocycles. The number of carbonyl (C=O) groups is 1. The summed E-state index contributed by atoms with van der Waals surface area (Å²) in [5.74, 6) is -0.257. The van der Waals surface area contributed by atoms with Gasteiger partial charge in [0.25, 0.3) is 5.56 Å². The highest BCUT2D eigenvalue weighted by Gasteiger charge is 2.07. The van der Waals surface area contributed by atoms with Gasteiger partial charge in [0.15, 0.2) is 4.80 Å². The van der Waals surface area contributed by atoms with E-state index in [9.17, 15) is 9.59 Å². The number of hydrogen-bond acceptors (Lipinski definition) is 4. The molecule has 0 atom stereocenters. The van der Waals surface area contributed by atoms with Gasteiger partial charge in [0.1, 0.15) is 0 Å². The van der Waals surface area contributed by atoms with E-state index in [0.29, 0.717) is 15.7 Å². The van der Waals surface area contributed by atoms with E-state index in [4.69, 9.17) is 0 Å². The van der Waals surface area contributed by atoms with Crippen LogP contribution >= 0.6 is 11.3 Å². The highest BCUT2D eigenvalue weighted by atomic mass is 32.1.